The average Bonchev–Trinajstić information content (AvgIpc) is 3.53. The highest BCUT2D eigenvalue weighted by molar-refractivity contribution is 5.67. The molecule has 1 spiro atoms. The van der Waals surface area contributed by atoms with E-state index in [1.807, 2.05) is 0 Å². The molecule has 27 heavy (non-hydrogen) atoms. The quantitative estimate of drug-likeness (QED) is 0.394. The molecular formula is C20H33NO6. The second-order valence-electron chi connectivity index (χ2n) is 8.24. The second-order valence-corrected chi connectivity index (χ2v) is 8.24. The molecule has 3 aliphatic rings. The number of nitrogens with one attached hydrogen (secondary N) is 1. The number of amides is 1. The van der Waals surface area contributed by atoms with Crippen molar-refractivity contribution in [3.8, 4) is 0 Å². The maximum Gasteiger partial charge on any atom is 0.407 e. The van der Waals surface area contributed by atoms with E-state index >= 15 is 0 Å². The molecular weight excluding hydrogens is 350 g/mol. The summed E-state index contributed by atoms with van der Waals surface area (Å²) in [5.41, 5.74) is 0.755. The summed E-state index contributed by atoms with van der Waals surface area (Å²) in [7, 11) is 3.27. The maximum absolute atomic E-state index is 12.1. The Morgan fingerprint density at radius 3 is 2.67 bits per heavy atom. The number of ether oxygens (including phenoxy) is 5. The summed E-state index contributed by atoms with van der Waals surface area (Å²) in [5, 5.41) is 2.71. The van der Waals surface area contributed by atoms with Crippen molar-refractivity contribution in [2.75, 3.05) is 34.0 Å². The minimum absolute atomic E-state index is 0.0380. The van der Waals surface area contributed by atoms with E-state index in [4.69, 9.17) is 23.7 Å². The van der Waals surface area contributed by atoms with Crippen LogP contribution in [0.25, 0.3) is 0 Å². The first-order valence-electron chi connectivity index (χ1n) is 9.77. The van der Waals surface area contributed by atoms with E-state index in [1.165, 1.54) is 5.57 Å². The lowest BCUT2D eigenvalue weighted by Gasteiger charge is -2.42. The molecule has 0 aromatic heterocycles. The monoisotopic (exact) mass is 383 g/mol. The Morgan fingerprint density at radius 1 is 1.33 bits per heavy atom. The van der Waals surface area contributed by atoms with Gasteiger partial charge in [0, 0.05) is 20.8 Å². The SMILES string of the molecule is COCCNC(=O)OC1CCC2(CO2)C(C2(C)OC2CC=C(C)C)C1OC. The Bertz CT molecular complexity index is 571. The van der Waals surface area contributed by atoms with Crippen LogP contribution in [-0.4, -0.2) is 69.6 Å². The van der Waals surface area contributed by atoms with Gasteiger partial charge in [-0.25, -0.2) is 4.79 Å². The number of hydrogen-bond donors (Lipinski definition) is 1. The van der Waals surface area contributed by atoms with Crippen LogP contribution in [0.4, 0.5) is 4.79 Å². The third kappa shape index (κ3) is 4.31. The van der Waals surface area contributed by atoms with Crippen molar-refractivity contribution in [3.63, 3.8) is 0 Å². The lowest BCUT2D eigenvalue weighted by atomic mass is 9.68. The zero-order chi connectivity index (χ0) is 19.7. The summed E-state index contributed by atoms with van der Waals surface area (Å²) in [4.78, 5) is 12.1. The van der Waals surface area contributed by atoms with E-state index in [2.05, 4.69) is 32.2 Å². The van der Waals surface area contributed by atoms with Gasteiger partial charge in [-0.05, 0) is 40.0 Å². The van der Waals surface area contributed by atoms with E-state index in [0.29, 0.717) is 13.2 Å². The lowest BCUT2D eigenvalue weighted by molar-refractivity contribution is -0.118. The number of carbonyl (C=O) groups is 1. The fraction of sp³-hybridized carbons (Fsp3) is 0.850. The van der Waals surface area contributed by atoms with Gasteiger partial charge in [0.05, 0.1) is 25.2 Å². The molecule has 0 radical (unpaired) electrons. The third-order valence-corrected chi connectivity index (χ3v) is 6.07. The predicted octanol–water partition coefficient (Wildman–Crippen LogP) is 2.44. The fourth-order valence-corrected chi connectivity index (χ4v) is 4.50. The van der Waals surface area contributed by atoms with Crippen molar-refractivity contribution in [3.05, 3.63) is 11.6 Å². The number of rotatable bonds is 8. The van der Waals surface area contributed by atoms with Crippen LogP contribution in [0.3, 0.4) is 0 Å². The molecule has 2 aliphatic heterocycles. The van der Waals surface area contributed by atoms with E-state index in [-0.39, 0.29) is 35.4 Å². The molecule has 3 rings (SSSR count). The zero-order valence-corrected chi connectivity index (χ0v) is 17.1. The van der Waals surface area contributed by atoms with Crippen molar-refractivity contribution < 1.29 is 28.5 Å². The van der Waals surface area contributed by atoms with Crippen LogP contribution in [0.15, 0.2) is 11.6 Å². The van der Waals surface area contributed by atoms with Crippen LogP contribution < -0.4 is 5.32 Å². The van der Waals surface area contributed by atoms with Crippen molar-refractivity contribution in [2.45, 2.75) is 69.5 Å². The Hall–Kier alpha value is -1.15. The first-order chi connectivity index (χ1) is 12.9. The van der Waals surface area contributed by atoms with Crippen LogP contribution in [0.2, 0.25) is 0 Å². The molecule has 1 aliphatic carbocycles. The molecule has 2 heterocycles. The number of epoxide rings is 2. The van der Waals surface area contributed by atoms with E-state index in [9.17, 15) is 4.79 Å². The molecule has 0 bridgehead atoms. The molecule has 7 heteroatoms. The minimum atomic E-state index is -0.437. The standard InChI is InChI=1S/C20H33NO6/c1-13(2)6-7-15-19(3,27-15)17-16(24-5)14(8-9-20(17)12-25-20)26-18(22)21-10-11-23-4/h6,14-17H,7-12H2,1-5H3,(H,21,22). The summed E-state index contributed by atoms with van der Waals surface area (Å²) >= 11 is 0. The highest BCUT2D eigenvalue weighted by Crippen LogP contribution is 2.59. The number of hydrogen-bond acceptors (Lipinski definition) is 6. The van der Waals surface area contributed by atoms with E-state index in [0.717, 1.165) is 25.9 Å². The van der Waals surface area contributed by atoms with Crippen LogP contribution in [0, 0.1) is 5.92 Å². The van der Waals surface area contributed by atoms with Gasteiger partial charge < -0.3 is 29.0 Å². The van der Waals surface area contributed by atoms with Crippen molar-refractivity contribution >= 4 is 6.09 Å². The number of alkyl carbamates (subject to hydrolysis) is 1. The highest BCUT2D eigenvalue weighted by Gasteiger charge is 2.72. The Morgan fingerprint density at radius 2 is 2.07 bits per heavy atom. The summed E-state index contributed by atoms with van der Waals surface area (Å²) < 4.78 is 28.6. The summed E-state index contributed by atoms with van der Waals surface area (Å²) in [6.07, 6.45) is 3.80. The summed E-state index contributed by atoms with van der Waals surface area (Å²) in [6.45, 7) is 7.91. The number of methoxy groups -OCH3 is 2. The Balaban J connectivity index is 1.68. The Kier molecular flexibility index (Phi) is 6.15. The molecule has 2 saturated heterocycles. The molecule has 7 nitrogen and oxygen atoms in total. The topological polar surface area (TPSA) is 81.9 Å². The first-order valence-corrected chi connectivity index (χ1v) is 9.77. The molecule has 6 unspecified atom stereocenters. The van der Waals surface area contributed by atoms with Gasteiger partial charge in [-0.1, -0.05) is 11.6 Å². The first kappa shape index (κ1) is 20.6. The highest BCUT2D eigenvalue weighted by atomic mass is 16.6. The molecule has 3 fully saturated rings. The van der Waals surface area contributed by atoms with Gasteiger partial charge in [-0.15, -0.1) is 0 Å². The average molecular weight is 383 g/mol. The third-order valence-electron chi connectivity index (χ3n) is 6.07. The fourth-order valence-electron chi connectivity index (χ4n) is 4.50. The van der Waals surface area contributed by atoms with Crippen LogP contribution in [0.5, 0.6) is 0 Å². The smallest absolute Gasteiger partial charge is 0.407 e. The molecule has 154 valence electrons. The van der Waals surface area contributed by atoms with E-state index < -0.39 is 6.09 Å². The van der Waals surface area contributed by atoms with Crippen LogP contribution in [0.1, 0.15) is 40.0 Å². The van der Waals surface area contributed by atoms with Crippen LogP contribution in [-0.2, 0) is 23.7 Å². The molecule has 1 saturated carbocycles. The van der Waals surface area contributed by atoms with Gasteiger partial charge >= 0.3 is 6.09 Å². The predicted molar refractivity (Wildman–Crippen MR) is 99.7 cm³/mol. The zero-order valence-electron chi connectivity index (χ0n) is 17.1. The summed E-state index contributed by atoms with van der Waals surface area (Å²) in [5.74, 6) is 0.0380. The van der Waals surface area contributed by atoms with Gasteiger partial charge in [-0.2, -0.15) is 0 Å². The normalized spacial score (nSPS) is 39.7. The number of carbonyl (C=O) groups excluding carboxylic acids is 1. The number of allylic oxidation sites excluding steroid dienone is 1. The van der Waals surface area contributed by atoms with Gasteiger partial charge in [0.15, 0.2) is 0 Å². The molecule has 0 aromatic rings. The van der Waals surface area contributed by atoms with E-state index in [1.54, 1.807) is 14.2 Å². The largest absolute Gasteiger partial charge is 0.443 e. The molecule has 1 N–H and O–H groups in total. The minimum Gasteiger partial charge on any atom is -0.443 e. The van der Waals surface area contributed by atoms with Gasteiger partial charge in [-0.3, -0.25) is 0 Å². The maximum atomic E-state index is 12.1. The van der Waals surface area contributed by atoms with Crippen molar-refractivity contribution in [1.82, 2.24) is 5.32 Å². The lowest BCUT2D eigenvalue weighted by Crippen LogP contribution is -2.56. The van der Waals surface area contributed by atoms with Gasteiger partial charge in [0.1, 0.15) is 23.4 Å². The summed E-state index contributed by atoms with van der Waals surface area (Å²) in [6, 6.07) is 0. The molecule has 0 aromatic carbocycles. The van der Waals surface area contributed by atoms with Gasteiger partial charge in [0.25, 0.3) is 0 Å². The van der Waals surface area contributed by atoms with Crippen molar-refractivity contribution in [1.29, 1.82) is 0 Å². The van der Waals surface area contributed by atoms with Crippen LogP contribution >= 0.6 is 0 Å². The van der Waals surface area contributed by atoms with Crippen molar-refractivity contribution in [2.24, 2.45) is 5.92 Å². The molecule has 1 amide bonds. The second kappa shape index (κ2) is 8.07. The molecule has 6 atom stereocenters. The Labute approximate surface area is 161 Å². The van der Waals surface area contributed by atoms with Gasteiger partial charge in [0.2, 0.25) is 0 Å².